The minimum atomic E-state index is -0.516. The molecule has 0 bridgehead atoms. The van der Waals surface area contributed by atoms with Gasteiger partial charge in [0.25, 0.3) is 0 Å². The first-order chi connectivity index (χ1) is 8.50. The third-order valence-electron chi connectivity index (χ3n) is 2.19. The standard InChI is InChI=1S/C12H16ClFN2O2/c1-8(15)12(17)16-5-2-6-18-11-4-3-9(14)7-10(11)13/h3-4,7-8H,2,5-6,15H2,1H3,(H,16,17). The predicted octanol–water partition coefficient (Wildman–Crippen LogP) is 1.71. The fourth-order valence-electron chi connectivity index (χ4n) is 1.22. The SMILES string of the molecule is CC(N)C(=O)NCCCOc1ccc(F)cc1Cl. The van der Waals surface area contributed by atoms with Gasteiger partial charge in [-0.1, -0.05) is 11.6 Å². The number of nitrogens with two attached hydrogens (primary N) is 1. The van der Waals surface area contributed by atoms with Gasteiger partial charge in [-0.3, -0.25) is 4.79 Å². The average Bonchev–Trinajstić information content (AvgIpc) is 2.30. The lowest BCUT2D eigenvalue weighted by atomic mass is 10.3. The van der Waals surface area contributed by atoms with E-state index in [-0.39, 0.29) is 10.9 Å². The second-order valence-electron chi connectivity index (χ2n) is 3.86. The van der Waals surface area contributed by atoms with E-state index in [9.17, 15) is 9.18 Å². The lowest BCUT2D eigenvalue weighted by Gasteiger charge is -2.09. The highest BCUT2D eigenvalue weighted by Crippen LogP contribution is 2.24. The molecule has 0 fully saturated rings. The van der Waals surface area contributed by atoms with Crippen LogP contribution in [0.2, 0.25) is 5.02 Å². The van der Waals surface area contributed by atoms with E-state index < -0.39 is 11.9 Å². The molecule has 0 aromatic heterocycles. The number of carbonyl (C=O) groups excluding carboxylic acids is 1. The van der Waals surface area contributed by atoms with Gasteiger partial charge in [0.1, 0.15) is 11.6 Å². The van der Waals surface area contributed by atoms with Crippen molar-refractivity contribution in [2.45, 2.75) is 19.4 Å². The van der Waals surface area contributed by atoms with Crippen molar-refractivity contribution in [1.82, 2.24) is 5.32 Å². The molecule has 1 rings (SSSR count). The maximum Gasteiger partial charge on any atom is 0.236 e. The lowest BCUT2D eigenvalue weighted by molar-refractivity contribution is -0.121. The summed E-state index contributed by atoms with van der Waals surface area (Å²) in [6, 6.07) is 3.42. The first-order valence-corrected chi connectivity index (χ1v) is 5.99. The Kier molecular flexibility index (Phi) is 5.88. The van der Waals surface area contributed by atoms with Crippen molar-refractivity contribution < 1.29 is 13.9 Å². The topological polar surface area (TPSA) is 64.4 Å². The highest BCUT2D eigenvalue weighted by atomic mass is 35.5. The highest BCUT2D eigenvalue weighted by molar-refractivity contribution is 6.32. The molecule has 0 aliphatic heterocycles. The van der Waals surface area contributed by atoms with Crippen LogP contribution in [-0.4, -0.2) is 25.1 Å². The van der Waals surface area contributed by atoms with Crippen molar-refractivity contribution in [3.05, 3.63) is 29.0 Å². The van der Waals surface area contributed by atoms with E-state index in [4.69, 9.17) is 22.1 Å². The molecule has 1 unspecified atom stereocenters. The van der Waals surface area contributed by atoms with Crippen LogP contribution in [0.15, 0.2) is 18.2 Å². The molecule has 1 aromatic rings. The molecule has 0 saturated heterocycles. The summed E-state index contributed by atoms with van der Waals surface area (Å²) in [4.78, 5) is 11.1. The monoisotopic (exact) mass is 274 g/mol. The second kappa shape index (κ2) is 7.18. The van der Waals surface area contributed by atoms with Gasteiger partial charge in [-0.05, 0) is 31.5 Å². The summed E-state index contributed by atoms with van der Waals surface area (Å²) in [5.74, 6) is -0.178. The smallest absolute Gasteiger partial charge is 0.236 e. The molecular weight excluding hydrogens is 259 g/mol. The fourth-order valence-corrected chi connectivity index (χ4v) is 1.44. The molecule has 6 heteroatoms. The molecule has 1 amide bonds. The zero-order chi connectivity index (χ0) is 13.5. The lowest BCUT2D eigenvalue weighted by Crippen LogP contribution is -2.38. The second-order valence-corrected chi connectivity index (χ2v) is 4.26. The molecule has 3 N–H and O–H groups in total. The maximum absolute atomic E-state index is 12.8. The van der Waals surface area contributed by atoms with Crippen molar-refractivity contribution in [3.63, 3.8) is 0 Å². The largest absolute Gasteiger partial charge is 0.492 e. The zero-order valence-electron chi connectivity index (χ0n) is 10.1. The van der Waals surface area contributed by atoms with Gasteiger partial charge in [0.2, 0.25) is 5.91 Å². The fraction of sp³-hybridized carbons (Fsp3) is 0.417. The summed E-state index contributed by atoms with van der Waals surface area (Å²) in [5.41, 5.74) is 5.38. The van der Waals surface area contributed by atoms with Gasteiger partial charge in [0.15, 0.2) is 0 Å². The molecule has 100 valence electrons. The number of rotatable bonds is 6. The van der Waals surface area contributed by atoms with Gasteiger partial charge < -0.3 is 15.8 Å². The third kappa shape index (κ3) is 4.89. The van der Waals surface area contributed by atoms with Crippen molar-refractivity contribution >= 4 is 17.5 Å². The zero-order valence-corrected chi connectivity index (χ0v) is 10.8. The summed E-state index contributed by atoms with van der Waals surface area (Å²) >= 11 is 5.78. The number of ether oxygens (including phenoxy) is 1. The Morgan fingerprint density at radius 1 is 1.61 bits per heavy atom. The molecule has 4 nitrogen and oxygen atoms in total. The van der Waals surface area contributed by atoms with Crippen LogP contribution in [0.25, 0.3) is 0 Å². The Balaban J connectivity index is 2.24. The Morgan fingerprint density at radius 3 is 2.94 bits per heavy atom. The first kappa shape index (κ1) is 14.7. The number of hydrogen-bond donors (Lipinski definition) is 2. The van der Waals surface area contributed by atoms with E-state index in [1.165, 1.54) is 18.2 Å². The van der Waals surface area contributed by atoms with E-state index >= 15 is 0 Å². The Bertz CT molecular complexity index is 413. The predicted molar refractivity (Wildman–Crippen MR) is 68.2 cm³/mol. The van der Waals surface area contributed by atoms with Crippen LogP contribution in [0.1, 0.15) is 13.3 Å². The van der Waals surface area contributed by atoms with Crippen LogP contribution >= 0.6 is 11.6 Å². The molecule has 1 aromatic carbocycles. The van der Waals surface area contributed by atoms with Gasteiger partial charge >= 0.3 is 0 Å². The van der Waals surface area contributed by atoms with Crippen molar-refractivity contribution in [3.8, 4) is 5.75 Å². The molecule has 0 radical (unpaired) electrons. The van der Waals surface area contributed by atoms with Crippen molar-refractivity contribution in [2.24, 2.45) is 5.73 Å². The van der Waals surface area contributed by atoms with Gasteiger partial charge in [0, 0.05) is 6.54 Å². The average molecular weight is 275 g/mol. The van der Waals surface area contributed by atoms with Crippen LogP contribution in [0.4, 0.5) is 4.39 Å². The molecule has 18 heavy (non-hydrogen) atoms. The van der Waals surface area contributed by atoms with Gasteiger partial charge in [0.05, 0.1) is 17.7 Å². The highest BCUT2D eigenvalue weighted by Gasteiger charge is 2.06. The van der Waals surface area contributed by atoms with Crippen LogP contribution in [0.3, 0.4) is 0 Å². The summed E-state index contributed by atoms with van der Waals surface area (Å²) in [6.45, 7) is 2.47. The minimum Gasteiger partial charge on any atom is -0.492 e. The molecule has 0 aliphatic rings. The number of benzene rings is 1. The van der Waals surface area contributed by atoms with Crippen LogP contribution < -0.4 is 15.8 Å². The Hall–Kier alpha value is -1.33. The summed E-state index contributed by atoms with van der Waals surface area (Å²) in [6.07, 6.45) is 0.617. The summed E-state index contributed by atoms with van der Waals surface area (Å²) < 4.78 is 18.1. The molecular formula is C12H16ClFN2O2. The van der Waals surface area contributed by atoms with E-state index in [0.717, 1.165) is 0 Å². The first-order valence-electron chi connectivity index (χ1n) is 5.62. The van der Waals surface area contributed by atoms with Crippen molar-refractivity contribution in [1.29, 1.82) is 0 Å². The number of carbonyl (C=O) groups is 1. The van der Waals surface area contributed by atoms with E-state index in [0.29, 0.717) is 25.3 Å². The van der Waals surface area contributed by atoms with Gasteiger partial charge in [-0.2, -0.15) is 0 Å². The molecule has 0 aliphatic carbocycles. The van der Waals surface area contributed by atoms with E-state index in [1.54, 1.807) is 6.92 Å². The summed E-state index contributed by atoms with van der Waals surface area (Å²) in [5, 5.41) is 2.89. The van der Waals surface area contributed by atoms with Crippen molar-refractivity contribution in [2.75, 3.05) is 13.2 Å². The number of halogens is 2. The quantitative estimate of drug-likeness (QED) is 0.776. The van der Waals surface area contributed by atoms with Crippen LogP contribution in [-0.2, 0) is 4.79 Å². The molecule has 1 atom stereocenters. The number of amides is 1. The molecule has 0 saturated carbocycles. The van der Waals surface area contributed by atoms with E-state index in [1.807, 2.05) is 0 Å². The Morgan fingerprint density at radius 2 is 2.33 bits per heavy atom. The maximum atomic E-state index is 12.8. The number of nitrogens with one attached hydrogen (secondary N) is 1. The minimum absolute atomic E-state index is 0.199. The van der Waals surface area contributed by atoms with Gasteiger partial charge in [-0.25, -0.2) is 4.39 Å². The Labute approximate surface area is 110 Å². The summed E-state index contributed by atoms with van der Waals surface area (Å²) in [7, 11) is 0. The van der Waals surface area contributed by atoms with E-state index in [2.05, 4.69) is 5.32 Å². The normalized spacial score (nSPS) is 12.0. The van der Waals surface area contributed by atoms with Crippen LogP contribution in [0.5, 0.6) is 5.75 Å². The van der Waals surface area contributed by atoms with Crippen LogP contribution in [0, 0.1) is 5.82 Å². The van der Waals surface area contributed by atoms with Gasteiger partial charge in [-0.15, -0.1) is 0 Å². The number of hydrogen-bond acceptors (Lipinski definition) is 3. The molecule has 0 spiro atoms. The third-order valence-corrected chi connectivity index (χ3v) is 2.48. The molecule has 0 heterocycles.